The van der Waals surface area contributed by atoms with Crippen LogP contribution in [-0.2, 0) is 0 Å². The molecule has 0 fully saturated rings. The van der Waals surface area contributed by atoms with E-state index in [4.69, 9.17) is 0 Å². The molecule has 0 aliphatic carbocycles. The van der Waals surface area contributed by atoms with E-state index in [0.717, 1.165) is 22.3 Å². The number of thiophene rings is 1. The van der Waals surface area contributed by atoms with Crippen LogP contribution in [0.25, 0.3) is 27.9 Å². The van der Waals surface area contributed by atoms with Crippen LogP contribution in [-0.4, -0.2) is 38.7 Å². The van der Waals surface area contributed by atoms with E-state index in [0.29, 0.717) is 10.5 Å². The van der Waals surface area contributed by atoms with Crippen LogP contribution in [0.1, 0.15) is 9.67 Å². The summed E-state index contributed by atoms with van der Waals surface area (Å²) in [4.78, 5) is 31.0. The Morgan fingerprint density at radius 2 is 2.15 bits per heavy atom. The molecule has 4 aromatic heterocycles. The summed E-state index contributed by atoms with van der Waals surface area (Å²) in [6.07, 6.45) is 6.73. The highest BCUT2D eigenvalue weighted by molar-refractivity contribution is 7.12. The Kier molecular flexibility index (Phi) is 4.51. The summed E-state index contributed by atoms with van der Waals surface area (Å²) in [5.41, 5.74) is 3.56. The molecule has 0 atom stereocenters. The number of hydrogen-bond acceptors (Lipinski definition) is 5. The van der Waals surface area contributed by atoms with Gasteiger partial charge in [0.05, 0.1) is 11.1 Å². The van der Waals surface area contributed by atoms with Gasteiger partial charge in [-0.15, -0.1) is 11.3 Å². The topological polar surface area (TPSA) is 92.2 Å². The maximum absolute atomic E-state index is 12.2. The summed E-state index contributed by atoms with van der Waals surface area (Å²) < 4.78 is 13.8. The van der Waals surface area contributed by atoms with Gasteiger partial charge in [0.25, 0.3) is 5.91 Å². The van der Waals surface area contributed by atoms with Gasteiger partial charge < -0.3 is 10.3 Å². The van der Waals surface area contributed by atoms with E-state index in [-0.39, 0.29) is 18.0 Å². The third-order valence-corrected chi connectivity index (χ3v) is 4.91. The molecule has 0 bridgehead atoms. The minimum Gasteiger partial charge on any atom is -0.349 e. The van der Waals surface area contributed by atoms with Gasteiger partial charge in [-0.05, 0) is 28.6 Å². The summed E-state index contributed by atoms with van der Waals surface area (Å²) >= 11 is 1.28. The zero-order valence-corrected chi connectivity index (χ0v) is 14.8. The monoisotopic (exact) mass is 383 g/mol. The van der Waals surface area contributed by atoms with Crippen LogP contribution in [0.2, 0.25) is 0 Å². The predicted molar refractivity (Wildman–Crippen MR) is 101 cm³/mol. The fraction of sp³-hybridized carbons (Fsp3) is 0.111. The van der Waals surface area contributed by atoms with Crippen molar-refractivity contribution in [2.24, 2.45) is 0 Å². The van der Waals surface area contributed by atoms with E-state index < -0.39 is 6.67 Å². The predicted octanol–water partition coefficient (Wildman–Crippen LogP) is 2.51. The lowest BCUT2D eigenvalue weighted by Crippen LogP contribution is -2.24. The van der Waals surface area contributed by atoms with Gasteiger partial charge >= 0.3 is 0 Å². The SMILES string of the molecule is O=C(NCCF)c1cc(-c2cnn3cc(-c4cc[nH]c(=O)c4)cnc23)cs1. The molecule has 0 radical (unpaired) electrons. The largest absolute Gasteiger partial charge is 0.349 e. The zero-order chi connectivity index (χ0) is 18.8. The van der Waals surface area contributed by atoms with Gasteiger partial charge in [0.2, 0.25) is 5.56 Å². The second-order valence-electron chi connectivity index (χ2n) is 5.76. The average Bonchev–Trinajstić information content (AvgIpc) is 3.32. The number of alkyl halides is 1. The van der Waals surface area contributed by atoms with Gasteiger partial charge in [-0.3, -0.25) is 9.59 Å². The van der Waals surface area contributed by atoms with Gasteiger partial charge in [-0.2, -0.15) is 5.10 Å². The Bertz CT molecular complexity index is 1180. The molecule has 27 heavy (non-hydrogen) atoms. The first-order valence-corrected chi connectivity index (χ1v) is 8.99. The second-order valence-corrected chi connectivity index (χ2v) is 6.67. The molecule has 9 heteroatoms. The van der Waals surface area contributed by atoms with Crippen molar-refractivity contribution in [3.05, 3.63) is 63.6 Å². The quantitative estimate of drug-likeness (QED) is 0.554. The van der Waals surface area contributed by atoms with Gasteiger partial charge in [0, 0.05) is 42.3 Å². The van der Waals surface area contributed by atoms with Crippen molar-refractivity contribution in [3.63, 3.8) is 0 Å². The molecule has 136 valence electrons. The van der Waals surface area contributed by atoms with E-state index in [1.807, 2.05) is 5.38 Å². The summed E-state index contributed by atoms with van der Waals surface area (Å²) in [5.74, 6) is -0.301. The molecule has 0 aromatic carbocycles. The lowest BCUT2D eigenvalue weighted by atomic mass is 10.1. The molecule has 4 heterocycles. The Labute approximate surface area is 156 Å². The molecule has 4 rings (SSSR count). The van der Waals surface area contributed by atoms with Crippen molar-refractivity contribution in [2.45, 2.75) is 0 Å². The van der Waals surface area contributed by atoms with Gasteiger partial charge in [0.1, 0.15) is 6.67 Å². The van der Waals surface area contributed by atoms with Crippen molar-refractivity contribution < 1.29 is 9.18 Å². The number of amides is 1. The van der Waals surface area contributed by atoms with E-state index in [2.05, 4.69) is 20.4 Å². The number of hydrogen-bond donors (Lipinski definition) is 2. The molecular weight excluding hydrogens is 369 g/mol. The fourth-order valence-corrected chi connectivity index (χ4v) is 3.52. The molecule has 0 saturated carbocycles. The van der Waals surface area contributed by atoms with Crippen molar-refractivity contribution in [1.82, 2.24) is 24.9 Å². The molecule has 2 N–H and O–H groups in total. The van der Waals surface area contributed by atoms with Crippen LogP contribution in [0.15, 0.2) is 53.2 Å². The smallest absolute Gasteiger partial charge is 0.261 e. The molecule has 0 saturated heterocycles. The molecule has 0 spiro atoms. The summed E-state index contributed by atoms with van der Waals surface area (Å²) in [6, 6.07) is 5.02. The van der Waals surface area contributed by atoms with Gasteiger partial charge in [-0.25, -0.2) is 13.9 Å². The summed E-state index contributed by atoms with van der Waals surface area (Å²) in [7, 11) is 0. The Morgan fingerprint density at radius 1 is 1.26 bits per heavy atom. The third kappa shape index (κ3) is 3.36. The molecule has 0 unspecified atom stereocenters. The average molecular weight is 383 g/mol. The van der Waals surface area contributed by atoms with Crippen LogP contribution >= 0.6 is 11.3 Å². The van der Waals surface area contributed by atoms with Crippen molar-refractivity contribution in [1.29, 1.82) is 0 Å². The van der Waals surface area contributed by atoms with E-state index in [9.17, 15) is 14.0 Å². The highest BCUT2D eigenvalue weighted by Gasteiger charge is 2.14. The molecule has 1 amide bonds. The highest BCUT2D eigenvalue weighted by Crippen LogP contribution is 2.29. The normalized spacial score (nSPS) is 11.0. The van der Waals surface area contributed by atoms with Crippen LogP contribution in [0, 0.1) is 0 Å². The van der Waals surface area contributed by atoms with Crippen LogP contribution in [0.5, 0.6) is 0 Å². The number of H-pyrrole nitrogens is 1. The first-order valence-electron chi connectivity index (χ1n) is 8.11. The molecular formula is C18H14FN5O2S. The number of fused-ring (bicyclic) bond motifs is 1. The standard InChI is InChI=1S/C18H14FN5O2S/c19-2-4-21-18(26)15-5-12(10-27-15)14-8-23-24-9-13(7-22-17(14)24)11-1-3-20-16(25)6-11/h1,3,5-10H,2,4H2,(H,20,25)(H,21,26). The minimum atomic E-state index is -0.600. The number of halogens is 1. The van der Waals surface area contributed by atoms with E-state index in [1.165, 1.54) is 17.4 Å². The first kappa shape index (κ1) is 17.1. The van der Waals surface area contributed by atoms with Crippen LogP contribution < -0.4 is 10.9 Å². The number of carbonyl (C=O) groups is 1. The molecule has 0 aliphatic rings. The Hall–Kier alpha value is -3.33. The molecule has 7 nitrogen and oxygen atoms in total. The van der Waals surface area contributed by atoms with E-state index in [1.54, 1.807) is 41.4 Å². The number of aromatic amines is 1. The number of nitrogens with one attached hydrogen (secondary N) is 2. The van der Waals surface area contributed by atoms with Crippen LogP contribution in [0.4, 0.5) is 4.39 Å². The van der Waals surface area contributed by atoms with E-state index >= 15 is 0 Å². The number of carbonyl (C=O) groups excluding carboxylic acids is 1. The maximum Gasteiger partial charge on any atom is 0.261 e. The molecule has 0 aliphatic heterocycles. The van der Waals surface area contributed by atoms with Gasteiger partial charge in [0.15, 0.2) is 5.65 Å². The van der Waals surface area contributed by atoms with Crippen LogP contribution in [0.3, 0.4) is 0 Å². The number of aromatic nitrogens is 4. The number of pyridine rings is 1. The Balaban J connectivity index is 1.67. The lowest BCUT2D eigenvalue weighted by Gasteiger charge is -2.02. The maximum atomic E-state index is 12.2. The molecule has 4 aromatic rings. The second kappa shape index (κ2) is 7.12. The van der Waals surface area contributed by atoms with Crippen molar-refractivity contribution in [3.8, 4) is 22.3 Å². The third-order valence-electron chi connectivity index (χ3n) is 3.98. The first-order chi connectivity index (χ1) is 13.2. The van der Waals surface area contributed by atoms with Crippen molar-refractivity contribution in [2.75, 3.05) is 13.2 Å². The summed E-state index contributed by atoms with van der Waals surface area (Å²) in [6.45, 7) is -0.604. The van der Waals surface area contributed by atoms with Gasteiger partial charge in [-0.1, -0.05) is 0 Å². The highest BCUT2D eigenvalue weighted by atomic mass is 32.1. The lowest BCUT2D eigenvalue weighted by molar-refractivity contribution is 0.0955. The fourth-order valence-electron chi connectivity index (χ4n) is 2.70. The zero-order valence-electron chi connectivity index (χ0n) is 14.0. The summed E-state index contributed by atoms with van der Waals surface area (Å²) in [5, 5.41) is 8.68. The number of nitrogens with zero attached hydrogens (tertiary/aromatic N) is 3. The van der Waals surface area contributed by atoms with Crippen molar-refractivity contribution >= 4 is 22.9 Å². The number of rotatable bonds is 5. The minimum absolute atomic E-state index is 0.00453. The Morgan fingerprint density at radius 3 is 2.96 bits per heavy atom.